The molecule has 0 saturated carbocycles. The lowest BCUT2D eigenvalue weighted by Crippen LogP contribution is -2.33. The number of nitrogens with one attached hydrogen (secondary N) is 2. The fourth-order valence-corrected chi connectivity index (χ4v) is 3.19. The molecule has 0 bridgehead atoms. The van der Waals surface area contributed by atoms with E-state index < -0.39 is 0 Å². The number of benzene rings is 2. The molecule has 0 unspecified atom stereocenters. The van der Waals surface area contributed by atoms with Gasteiger partial charge in [0.2, 0.25) is 5.91 Å². The van der Waals surface area contributed by atoms with Crippen LogP contribution < -0.4 is 10.6 Å². The van der Waals surface area contributed by atoms with Crippen LogP contribution in [0.2, 0.25) is 5.02 Å². The number of amides is 1. The number of hydrogen-bond donors (Lipinski definition) is 2. The standard InChI is InChI=1S/C23H21ClN2O2S/c1-14-7-8-17(13-19(14)24)20-11-9-18(28-20)10-12-21(27)25-23(29)26-22-15(2)5-4-6-16(22)3/h4-13H,1-3H3,(H2,25,26,27,29). The molecule has 0 aliphatic rings. The SMILES string of the molecule is Cc1ccc(-c2ccc(C=CC(=O)NC(=S)Nc3c(C)cccc3C)o2)cc1Cl. The Kier molecular flexibility index (Phi) is 6.52. The van der Waals surface area contributed by atoms with E-state index in [2.05, 4.69) is 10.6 Å². The Bertz CT molecular complexity index is 1080. The average molecular weight is 425 g/mol. The summed E-state index contributed by atoms with van der Waals surface area (Å²) in [7, 11) is 0. The third-order valence-electron chi connectivity index (χ3n) is 4.44. The summed E-state index contributed by atoms with van der Waals surface area (Å²) in [4.78, 5) is 12.2. The monoisotopic (exact) mass is 424 g/mol. The van der Waals surface area contributed by atoms with E-state index in [9.17, 15) is 4.79 Å². The summed E-state index contributed by atoms with van der Waals surface area (Å²) >= 11 is 11.4. The van der Waals surface area contributed by atoms with Crippen LogP contribution in [-0.4, -0.2) is 11.0 Å². The molecule has 6 heteroatoms. The third-order valence-corrected chi connectivity index (χ3v) is 5.05. The van der Waals surface area contributed by atoms with Gasteiger partial charge < -0.3 is 9.73 Å². The van der Waals surface area contributed by atoms with Gasteiger partial charge in [-0.25, -0.2) is 0 Å². The molecule has 0 saturated heterocycles. The first kappa shape index (κ1) is 20.8. The van der Waals surface area contributed by atoms with E-state index in [1.165, 1.54) is 6.08 Å². The molecule has 2 N–H and O–H groups in total. The molecule has 0 aliphatic carbocycles. The van der Waals surface area contributed by atoms with Crippen LogP contribution in [0, 0.1) is 20.8 Å². The topological polar surface area (TPSA) is 54.3 Å². The Morgan fingerprint density at radius 2 is 1.76 bits per heavy atom. The quantitative estimate of drug-likeness (QED) is 0.395. The van der Waals surface area contributed by atoms with Gasteiger partial charge in [0.15, 0.2) is 5.11 Å². The molecule has 1 amide bonds. The van der Waals surface area contributed by atoms with Crippen molar-refractivity contribution in [2.75, 3.05) is 5.32 Å². The number of anilines is 1. The largest absolute Gasteiger partial charge is 0.457 e. The van der Waals surface area contributed by atoms with Gasteiger partial charge in [-0.15, -0.1) is 0 Å². The van der Waals surface area contributed by atoms with Gasteiger partial charge in [-0.05, 0) is 74.0 Å². The molecule has 2 aromatic carbocycles. The Morgan fingerprint density at radius 1 is 1.03 bits per heavy atom. The molecule has 3 rings (SSSR count). The van der Waals surface area contributed by atoms with Crippen LogP contribution in [0.3, 0.4) is 0 Å². The van der Waals surface area contributed by atoms with Crippen LogP contribution in [0.4, 0.5) is 5.69 Å². The van der Waals surface area contributed by atoms with Crippen LogP contribution in [0.1, 0.15) is 22.5 Å². The van der Waals surface area contributed by atoms with Crippen molar-refractivity contribution in [3.8, 4) is 11.3 Å². The number of carbonyl (C=O) groups is 1. The highest BCUT2D eigenvalue weighted by Crippen LogP contribution is 2.27. The van der Waals surface area contributed by atoms with Crippen molar-refractivity contribution in [3.05, 3.63) is 82.1 Å². The number of para-hydroxylation sites is 1. The molecular weight excluding hydrogens is 404 g/mol. The van der Waals surface area contributed by atoms with Crippen molar-refractivity contribution in [2.45, 2.75) is 20.8 Å². The first-order valence-corrected chi connectivity index (χ1v) is 9.85. The van der Waals surface area contributed by atoms with Gasteiger partial charge in [0.1, 0.15) is 11.5 Å². The zero-order valence-electron chi connectivity index (χ0n) is 16.4. The molecule has 4 nitrogen and oxygen atoms in total. The maximum atomic E-state index is 12.2. The zero-order valence-corrected chi connectivity index (χ0v) is 17.9. The first-order valence-electron chi connectivity index (χ1n) is 9.06. The summed E-state index contributed by atoms with van der Waals surface area (Å²) in [6.07, 6.45) is 2.97. The number of hydrogen-bond acceptors (Lipinski definition) is 3. The molecule has 1 aromatic heterocycles. The summed E-state index contributed by atoms with van der Waals surface area (Å²) in [6.45, 7) is 5.91. The summed E-state index contributed by atoms with van der Waals surface area (Å²) in [5.41, 5.74) is 4.88. The van der Waals surface area contributed by atoms with E-state index in [0.717, 1.165) is 27.9 Å². The van der Waals surface area contributed by atoms with Crippen LogP contribution in [0.15, 0.2) is 59.0 Å². The van der Waals surface area contributed by atoms with Crippen LogP contribution in [0.25, 0.3) is 17.4 Å². The van der Waals surface area contributed by atoms with E-state index in [0.29, 0.717) is 16.5 Å². The van der Waals surface area contributed by atoms with Gasteiger partial charge >= 0.3 is 0 Å². The molecule has 0 fully saturated rings. The van der Waals surface area contributed by atoms with Crippen molar-refractivity contribution >= 4 is 46.6 Å². The van der Waals surface area contributed by atoms with Crippen molar-refractivity contribution in [1.29, 1.82) is 0 Å². The van der Waals surface area contributed by atoms with Gasteiger partial charge in [-0.2, -0.15) is 0 Å². The van der Waals surface area contributed by atoms with Gasteiger partial charge in [-0.3, -0.25) is 10.1 Å². The number of carbonyl (C=O) groups excluding carboxylic acids is 1. The number of halogens is 1. The van der Waals surface area contributed by atoms with Crippen molar-refractivity contribution in [1.82, 2.24) is 5.32 Å². The van der Waals surface area contributed by atoms with E-state index in [-0.39, 0.29) is 11.0 Å². The highest BCUT2D eigenvalue weighted by atomic mass is 35.5. The molecule has 29 heavy (non-hydrogen) atoms. The van der Waals surface area contributed by atoms with Gasteiger partial charge in [0.05, 0.1) is 0 Å². The minimum Gasteiger partial charge on any atom is -0.457 e. The van der Waals surface area contributed by atoms with Crippen molar-refractivity contribution in [3.63, 3.8) is 0 Å². The van der Waals surface area contributed by atoms with Gasteiger partial charge in [0, 0.05) is 22.3 Å². The Balaban J connectivity index is 1.61. The highest BCUT2D eigenvalue weighted by molar-refractivity contribution is 7.80. The van der Waals surface area contributed by atoms with E-state index in [4.69, 9.17) is 28.2 Å². The minimum absolute atomic E-state index is 0.242. The Labute approximate surface area is 180 Å². The predicted molar refractivity (Wildman–Crippen MR) is 123 cm³/mol. The van der Waals surface area contributed by atoms with E-state index >= 15 is 0 Å². The molecule has 0 aliphatic heterocycles. The first-order chi connectivity index (χ1) is 13.8. The number of furan rings is 1. The molecule has 1 heterocycles. The number of thiocarbonyl (C=S) groups is 1. The molecule has 0 spiro atoms. The molecule has 0 radical (unpaired) electrons. The van der Waals surface area contributed by atoms with Gasteiger partial charge in [0.25, 0.3) is 0 Å². The maximum Gasteiger partial charge on any atom is 0.250 e. The lowest BCUT2D eigenvalue weighted by atomic mass is 10.1. The molecule has 3 aromatic rings. The van der Waals surface area contributed by atoms with Crippen molar-refractivity contribution in [2.24, 2.45) is 0 Å². The smallest absolute Gasteiger partial charge is 0.250 e. The second-order valence-corrected chi connectivity index (χ2v) is 7.52. The fourth-order valence-electron chi connectivity index (χ4n) is 2.81. The van der Waals surface area contributed by atoms with Crippen LogP contribution >= 0.6 is 23.8 Å². The lowest BCUT2D eigenvalue weighted by Gasteiger charge is -2.13. The normalized spacial score (nSPS) is 10.9. The summed E-state index contributed by atoms with van der Waals surface area (Å²) in [6, 6.07) is 15.3. The van der Waals surface area contributed by atoms with Crippen molar-refractivity contribution < 1.29 is 9.21 Å². The minimum atomic E-state index is -0.343. The number of aryl methyl sites for hydroxylation is 3. The molecular formula is C23H21ClN2O2S. The predicted octanol–water partition coefficient (Wildman–Crippen LogP) is 6.05. The number of rotatable bonds is 4. The molecule has 148 valence electrons. The maximum absolute atomic E-state index is 12.2. The summed E-state index contributed by atoms with van der Waals surface area (Å²) in [5, 5.41) is 6.64. The van der Waals surface area contributed by atoms with E-state index in [1.807, 2.05) is 63.2 Å². The summed E-state index contributed by atoms with van der Waals surface area (Å²) < 4.78 is 5.77. The lowest BCUT2D eigenvalue weighted by molar-refractivity contribution is -0.115. The Hall–Kier alpha value is -2.89. The second kappa shape index (κ2) is 9.07. The highest BCUT2D eigenvalue weighted by Gasteiger charge is 2.08. The Morgan fingerprint density at radius 3 is 2.45 bits per heavy atom. The van der Waals surface area contributed by atoms with Crippen LogP contribution in [0.5, 0.6) is 0 Å². The third kappa shape index (κ3) is 5.34. The zero-order chi connectivity index (χ0) is 21.0. The fraction of sp³-hybridized carbons (Fsp3) is 0.130. The second-order valence-electron chi connectivity index (χ2n) is 6.71. The van der Waals surface area contributed by atoms with Crippen LogP contribution in [-0.2, 0) is 4.79 Å². The molecule has 0 atom stereocenters. The van der Waals surface area contributed by atoms with E-state index in [1.54, 1.807) is 12.1 Å². The van der Waals surface area contributed by atoms with Gasteiger partial charge in [-0.1, -0.05) is 41.9 Å². The summed E-state index contributed by atoms with van der Waals surface area (Å²) in [5.74, 6) is 0.893. The average Bonchev–Trinajstić information content (AvgIpc) is 3.14.